The van der Waals surface area contributed by atoms with Gasteiger partial charge < -0.3 is 37.8 Å². The van der Waals surface area contributed by atoms with Crippen LogP contribution in [-0.4, -0.2) is 152 Å². The van der Waals surface area contributed by atoms with Crippen molar-refractivity contribution in [1.82, 2.24) is 0 Å². The van der Waals surface area contributed by atoms with Gasteiger partial charge in [0, 0.05) is 53.5 Å². The summed E-state index contributed by atoms with van der Waals surface area (Å²) in [5, 5.41) is 16.1. The predicted molar refractivity (Wildman–Crippen MR) is 197 cm³/mol. The lowest BCUT2D eigenvalue weighted by Crippen LogP contribution is -2.75. The maximum atomic E-state index is 13.9. The molecular weight excluding hydrogens is 692 g/mol. The molecule has 0 amide bonds. The number of aliphatic hydroxyl groups is 1. The van der Waals surface area contributed by atoms with Crippen LogP contribution < -0.4 is 0 Å². The molecule has 5 heterocycles. The quantitative estimate of drug-likeness (QED) is 0.0493. The Morgan fingerprint density at radius 1 is 1.15 bits per heavy atom. The van der Waals surface area contributed by atoms with Crippen molar-refractivity contribution in [1.29, 1.82) is 0 Å². The molecule has 0 unspecified atom stereocenters. The maximum absolute atomic E-state index is 13.9. The van der Waals surface area contributed by atoms with Crippen LogP contribution in [0.25, 0.3) is 0 Å². The van der Waals surface area contributed by atoms with Gasteiger partial charge in [-0.1, -0.05) is 50.3 Å². The van der Waals surface area contributed by atoms with E-state index in [4.69, 9.17) is 23.7 Å². The molecule has 1 N–H and O–H groups in total. The molecule has 12 atom stereocenters. The van der Waals surface area contributed by atoms with Gasteiger partial charge >= 0.3 is 17.9 Å². The number of nitrogens with zero attached hydrogens (tertiary/aromatic N) is 4. The lowest BCUT2D eigenvalue weighted by atomic mass is 9.57. The fourth-order valence-corrected chi connectivity index (χ4v) is 10.9. The van der Waals surface area contributed by atoms with E-state index >= 15 is 0 Å². The predicted octanol–water partition coefficient (Wildman–Crippen LogP) is 2.61. The van der Waals surface area contributed by atoms with Crippen LogP contribution in [0.4, 0.5) is 0 Å². The highest BCUT2D eigenvalue weighted by molar-refractivity contribution is 5.90. The maximum Gasteiger partial charge on any atom is 0.362 e. The molecule has 294 valence electrons. The number of cyclic esters (lactones) is 1. The number of carbonyl (C=O) groups excluding carboxylic acids is 3. The molecule has 8 aliphatic rings. The monoisotopic (exact) mass is 751 g/mol. The largest absolute Gasteiger partial charge is 0.456 e. The molecule has 0 aromatic rings. The fraction of sp³-hybridized carbons (Fsp3) is 0.707. The molecule has 54 heavy (non-hydrogen) atoms. The van der Waals surface area contributed by atoms with E-state index in [-0.39, 0.29) is 48.5 Å². The molecule has 13 heteroatoms. The van der Waals surface area contributed by atoms with Crippen LogP contribution in [0.15, 0.2) is 52.7 Å². The number of aliphatic hydroxyl groups excluding tert-OH is 1. The first-order chi connectivity index (χ1) is 25.9. The van der Waals surface area contributed by atoms with Crippen LogP contribution in [0.2, 0.25) is 0 Å². The van der Waals surface area contributed by atoms with Gasteiger partial charge in [-0.15, -0.1) is 0 Å². The number of hydrogen-bond donors (Lipinski definition) is 1. The molecule has 5 aliphatic heterocycles. The molecule has 8 rings (SSSR count). The number of piperazine rings is 3. The van der Waals surface area contributed by atoms with Crippen LogP contribution >= 0.6 is 0 Å². The van der Waals surface area contributed by atoms with Gasteiger partial charge in [0.2, 0.25) is 0 Å². The lowest BCUT2D eigenvalue weighted by molar-refractivity contribution is -1.08. The summed E-state index contributed by atoms with van der Waals surface area (Å²) in [4.78, 5) is 44.3. The number of rotatable bonds is 11. The van der Waals surface area contributed by atoms with Gasteiger partial charge in [0.05, 0.1) is 17.8 Å². The third-order valence-electron chi connectivity index (χ3n) is 14.1. The SMILES string of the molecule is C=[N+]=NCCC[N+]12CC[N+](CC(=O)O[C@H](C)[C@H]3OC(=O)[C@@H](OC)C[C@H]4C=C[C@H]5[C@H]6O[C@]4(/C(C)=C/[C@H]3C)[C@@H]5[C@H](O)[C@@H](C)[C@H]6OC(=O)C3=CC=CC3)(CC1)CC2. The van der Waals surface area contributed by atoms with Crippen molar-refractivity contribution in [2.45, 2.75) is 89.2 Å². The first-order valence-electron chi connectivity index (χ1n) is 19.9. The zero-order valence-corrected chi connectivity index (χ0v) is 32.5. The van der Waals surface area contributed by atoms with Crippen LogP contribution in [0, 0.1) is 29.6 Å². The van der Waals surface area contributed by atoms with E-state index in [2.05, 4.69) is 34.8 Å². The number of quaternary nitrogens is 2. The summed E-state index contributed by atoms with van der Waals surface area (Å²) in [7, 11) is 1.49. The molecule has 4 saturated heterocycles. The smallest absolute Gasteiger partial charge is 0.362 e. The highest BCUT2D eigenvalue weighted by Crippen LogP contribution is 2.61. The summed E-state index contributed by atoms with van der Waals surface area (Å²) in [6.45, 7) is 19.0. The Balaban J connectivity index is 1.09. The summed E-state index contributed by atoms with van der Waals surface area (Å²) >= 11 is 0. The Hall–Kier alpha value is -3.45. The molecule has 5 fully saturated rings. The zero-order valence-electron chi connectivity index (χ0n) is 32.5. The minimum Gasteiger partial charge on any atom is -0.456 e. The van der Waals surface area contributed by atoms with Crippen LogP contribution in [0.3, 0.4) is 0 Å². The molecule has 0 aromatic heterocycles. The van der Waals surface area contributed by atoms with Crippen molar-refractivity contribution in [3.05, 3.63) is 47.6 Å². The van der Waals surface area contributed by atoms with Crippen LogP contribution in [0.1, 0.15) is 47.0 Å². The van der Waals surface area contributed by atoms with E-state index < -0.39 is 54.2 Å². The van der Waals surface area contributed by atoms with Gasteiger partial charge in [0.1, 0.15) is 75.8 Å². The molecule has 0 aromatic carbocycles. The zero-order chi connectivity index (χ0) is 38.4. The average molecular weight is 752 g/mol. The molecule has 1 spiro atoms. The number of carbonyl (C=O) groups is 3. The summed E-state index contributed by atoms with van der Waals surface area (Å²) in [5.41, 5.74) is 0.495. The van der Waals surface area contributed by atoms with E-state index in [9.17, 15) is 19.5 Å². The first-order valence-corrected chi connectivity index (χ1v) is 19.9. The van der Waals surface area contributed by atoms with Gasteiger partial charge in [-0.05, 0) is 32.3 Å². The summed E-state index contributed by atoms with van der Waals surface area (Å²) in [6, 6.07) is 0. The van der Waals surface area contributed by atoms with Crippen LogP contribution in [-0.2, 0) is 38.1 Å². The van der Waals surface area contributed by atoms with Crippen molar-refractivity contribution < 1.29 is 56.9 Å². The fourth-order valence-electron chi connectivity index (χ4n) is 10.9. The van der Waals surface area contributed by atoms with Crippen molar-refractivity contribution in [2.75, 3.05) is 66.0 Å². The number of fused-ring (bicyclic) bond motifs is 3. The van der Waals surface area contributed by atoms with E-state index in [1.54, 1.807) is 13.0 Å². The van der Waals surface area contributed by atoms with Gasteiger partial charge in [-0.3, -0.25) is 0 Å². The first kappa shape index (κ1) is 38.8. The minimum atomic E-state index is -0.982. The van der Waals surface area contributed by atoms with E-state index in [1.165, 1.54) is 7.11 Å². The second-order valence-corrected chi connectivity index (χ2v) is 17.0. The van der Waals surface area contributed by atoms with Crippen molar-refractivity contribution in [2.24, 2.45) is 34.7 Å². The third kappa shape index (κ3) is 6.85. The Morgan fingerprint density at radius 3 is 2.54 bits per heavy atom. The second kappa shape index (κ2) is 15.2. The molecule has 3 aliphatic carbocycles. The van der Waals surface area contributed by atoms with Crippen molar-refractivity contribution >= 4 is 24.6 Å². The summed E-state index contributed by atoms with van der Waals surface area (Å²) in [5.74, 6) is -2.83. The Labute approximate surface area is 318 Å². The molecule has 13 nitrogen and oxygen atoms in total. The average Bonchev–Trinajstić information content (AvgIpc) is 3.76. The van der Waals surface area contributed by atoms with Gasteiger partial charge in [0.15, 0.2) is 12.6 Å². The molecule has 6 bridgehead atoms. The van der Waals surface area contributed by atoms with Crippen molar-refractivity contribution in [3.63, 3.8) is 0 Å². The Bertz CT molecular complexity index is 1640. The van der Waals surface area contributed by atoms with Gasteiger partial charge in [-0.25, -0.2) is 14.4 Å². The summed E-state index contributed by atoms with van der Waals surface area (Å²) < 4.78 is 33.1. The molecular formula is C41H59N4O9+3. The third-order valence-corrected chi connectivity index (χ3v) is 14.1. The Kier molecular flexibility index (Phi) is 11.0. The summed E-state index contributed by atoms with van der Waals surface area (Å²) in [6.07, 6.45) is 9.04. The minimum absolute atomic E-state index is 0.197. The molecule has 0 radical (unpaired) electrons. The number of allylic oxidation sites excluding steroid dienone is 3. The number of ether oxygens (including phenoxy) is 5. The number of esters is 3. The van der Waals surface area contributed by atoms with E-state index in [1.807, 2.05) is 32.9 Å². The number of hydrogen-bond acceptors (Lipinski definition) is 10. The van der Waals surface area contributed by atoms with Crippen LogP contribution in [0.5, 0.6) is 0 Å². The van der Waals surface area contributed by atoms with Crippen molar-refractivity contribution in [3.8, 4) is 0 Å². The highest BCUT2D eigenvalue weighted by Gasteiger charge is 2.69. The van der Waals surface area contributed by atoms with Gasteiger partial charge in [-0.2, -0.15) is 0 Å². The standard InChI is InChI=1S/C41H59N4O9/c1-25-22-26(2)41-30(12-13-31-34(41)35(47)27(3)37(38(31)54-41)53-39(48)29-10-7-8-11-29)23-32(50-6)40(49)52-36(25)28(4)51-33(46)24-45-19-16-44(17-20-45,18-21-45)15-9-14-43-42-5/h7-8,10,12-13,22,25,27-28,30-32,34-38,47H,5,9,11,14-21,23-24H2,1-4,6H3/q+3/b26-22+/t25-,27-,28-,30-,31-,32+,34+,35-,36+,37-,38-,41+,44?,45?/m1/s1. The highest BCUT2D eigenvalue weighted by atomic mass is 16.6. The van der Waals surface area contributed by atoms with Gasteiger partial charge in [0.25, 0.3) is 6.72 Å². The Morgan fingerprint density at radius 2 is 1.87 bits per heavy atom. The van der Waals surface area contributed by atoms with E-state index in [0.29, 0.717) is 18.5 Å². The number of methoxy groups -OCH3 is 1. The topological polar surface area (TPSA) is 144 Å². The normalized spacial score (nSPS) is 43.5. The molecule has 1 saturated carbocycles. The second-order valence-electron chi connectivity index (χ2n) is 17.0. The van der Waals surface area contributed by atoms with E-state index in [0.717, 1.165) is 66.8 Å². The lowest BCUT2D eigenvalue weighted by Gasteiger charge is -2.55.